The van der Waals surface area contributed by atoms with Crippen LogP contribution >= 0.6 is 11.3 Å². The van der Waals surface area contributed by atoms with Crippen LogP contribution in [0, 0.1) is 5.92 Å². The fourth-order valence-corrected chi connectivity index (χ4v) is 2.24. The predicted octanol–water partition coefficient (Wildman–Crippen LogP) is 2.15. The summed E-state index contributed by atoms with van der Waals surface area (Å²) in [7, 11) is 0. The number of nitrogens with one attached hydrogen (secondary N) is 1. The smallest absolute Gasteiger partial charge is 0.158 e. The number of nitrogens with two attached hydrogens (primary N) is 1. The summed E-state index contributed by atoms with van der Waals surface area (Å²) in [6.45, 7) is 5.34. The molecular weight excluding hydrogens is 236 g/mol. The minimum atomic E-state index is 0.417. The molecule has 0 aromatic carbocycles. The van der Waals surface area contributed by atoms with Gasteiger partial charge in [-0.3, -0.25) is 0 Å². The van der Waals surface area contributed by atoms with E-state index in [0.29, 0.717) is 30.8 Å². The van der Waals surface area contributed by atoms with Crippen LogP contribution < -0.4 is 11.3 Å². The second-order valence-electron chi connectivity index (χ2n) is 4.18. The molecule has 2 aromatic heterocycles. The lowest BCUT2D eigenvalue weighted by Crippen LogP contribution is -2.11. The van der Waals surface area contributed by atoms with Gasteiger partial charge in [0, 0.05) is 6.61 Å². The first kappa shape index (κ1) is 12.2. The molecule has 2 rings (SSSR count). The lowest BCUT2D eigenvalue weighted by Gasteiger charge is -2.07. The average Bonchev–Trinajstić information content (AvgIpc) is 2.75. The number of rotatable bonds is 5. The largest absolute Gasteiger partial charge is 0.373 e. The molecule has 0 unspecified atom stereocenters. The number of nitrogens with zero attached hydrogens (tertiary/aromatic N) is 2. The summed E-state index contributed by atoms with van der Waals surface area (Å²) in [4.78, 5) is 9.68. The summed E-state index contributed by atoms with van der Waals surface area (Å²) in [6.07, 6.45) is 0. The van der Waals surface area contributed by atoms with Crippen molar-refractivity contribution in [1.29, 1.82) is 0 Å². The lowest BCUT2D eigenvalue weighted by atomic mass is 10.2. The van der Waals surface area contributed by atoms with Crippen molar-refractivity contribution in [2.45, 2.75) is 20.5 Å². The molecule has 0 radical (unpaired) electrons. The van der Waals surface area contributed by atoms with Crippen molar-refractivity contribution in [2.75, 3.05) is 12.0 Å². The SMILES string of the molecule is CC(C)COCc1nc(NN)c2ccsc2n1. The van der Waals surface area contributed by atoms with E-state index in [-0.39, 0.29) is 0 Å². The molecule has 0 fully saturated rings. The molecule has 0 atom stereocenters. The number of fused-ring (bicyclic) bond motifs is 1. The van der Waals surface area contributed by atoms with Gasteiger partial charge in [-0.25, -0.2) is 15.8 Å². The summed E-state index contributed by atoms with van der Waals surface area (Å²) in [5.41, 5.74) is 2.60. The van der Waals surface area contributed by atoms with Crippen LogP contribution in [0.4, 0.5) is 5.82 Å². The Labute approximate surface area is 104 Å². The Hall–Kier alpha value is -1.24. The van der Waals surface area contributed by atoms with Gasteiger partial charge in [-0.1, -0.05) is 13.8 Å². The minimum absolute atomic E-state index is 0.417. The molecule has 0 bridgehead atoms. The van der Waals surface area contributed by atoms with Crippen LogP contribution in [0.15, 0.2) is 11.4 Å². The number of hydrogen-bond acceptors (Lipinski definition) is 6. The van der Waals surface area contributed by atoms with Crippen molar-refractivity contribution < 1.29 is 4.74 Å². The maximum atomic E-state index is 5.52. The Morgan fingerprint density at radius 3 is 3.00 bits per heavy atom. The first-order chi connectivity index (χ1) is 8.20. The predicted molar refractivity (Wildman–Crippen MR) is 69.7 cm³/mol. The highest BCUT2D eigenvalue weighted by Gasteiger charge is 2.08. The molecule has 92 valence electrons. The Bertz CT molecular complexity index is 497. The van der Waals surface area contributed by atoms with E-state index in [9.17, 15) is 0 Å². The van der Waals surface area contributed by atoms with Crippen LogP contribution in [-0.4, -0.2) is 16.6 Å². The quantitative estimate of drug-likeness (QED) is 0.630. The van der Waals surface area contributed by atoms with Gasteiger partial charge < -0.3 is 10.2 Å². The van der Waals surface area contributed by atoms with Crippen LogP contribution in [0.1, 0.15) is 19.7 Å². The van der Waals surface area contributed by atoms with E-state index >= 15 is 0 Å². The molecule has 2 heterocycles. The first-order valence-corrected chi connectivity index (χ1v) is 6.37. The number of nitrogen functional groups attached to an aromatic ring is 1. The highest BCUT2D eigenvalue weighted by molar-refractivity contribution is 7.16. The molecule has 0 aliphatic heterocycles. The number of hydrazine groups is 1. The molecule has 0 aliphatic carbocycles. The number of thiophene rings is 1. The van der Waals surface area contributed by atoms with Crippen molar-refractivity contribution in [3.05, 3.63) is 17.3 Å². The zero-order valence-electron chi connectivity index (χ0n) is 9.93. The van der Waals surface area contributed by atoms with Gasteiger partial charge in [-0.15, -0.1) is 11.3 Å². The Morgan fingerprint density at radius 1 is 1.47 bits per heavy atom. The van der Waals surface area contributed by atoms with E-state index < -0.39 is 0 Å². The molecular formula is C11H16N4OS. The number of anilines is 1. The fraction of sp³-hybridized carbons (Fsp3) is 0.455. The van der Waals surface area contributed by atoms with Gasteiger partial charge in [-0.2, -0.15) is 0 Å². The Balaban J connectivity index is 2.17. The monoisotopic (exact) mass is 252 g/mol. The van der Waals surface area contributed by atoms with E-state index in [2.05, 4.69) is 29.2 Å². The molecule has 0 saturated carbocycles. The topological polar surface area (TPSA) is 73.1 Å². The molecule has 0 aliphatic rings. The van der Waals surface area contributed by atoms with E-state index in [1.165, 1.54) is 0 Å². The highest BCUT2D eigenvalue weighted by Crippen LogP contribution is 2.24. The second kappa shape index (κ2) is 5.39. The fourth-order valence-electron chi connectivity index (χ4n) is 1.46. The second-order valence-corrected chi connectivity index (χ2v) is 5.08. The van der Waals surface area contributed by atoms with Gasteiger partial charge in [-0.05, 0) is 17.4 Å². The third kappa shape index (κ3) is 2.91. The van der Waals surface area contributed by atoms with Gasteiger partial charge in [0.1, 0.15) is 11.4 Å². The van der Waals surface area contributed by atoms with Crippen LogP contribution in [-0.2, 0) is 11.3 Å². The Kier molecular flexibility index (Phi) is 3.88. The van der Waals surface area contributed by atoms with Gasteiger partial charge in [0.15, 0.2) is 11.6 Å². The summed E-state index contributed by atoms with van der Waals surface area (Å²) >= 11 is 1.57. The molecule has 17 heavy (non-hydrogen) atoms. The number of aromatic nitrogens is 2. The van der Waals surface area contributed by atoms with Crippen LogP contribution in [0.3, 0.4) is 0 Å². The zero-order chi connectivity index (χ0) is 12.3. The number of ether oxygens (including phenoxy) is 1. The van der Waals surface area contributed by atoms with E-state index in [1.807, 2.05) is 11.4 Å². The molecule has 0 saturated heterocycles. The molecule has 5 nitrogen and oxygen atoms in total. The average molecular weight is 252 g/mol. The first-order valence-electron chi connectivity index (χ1n) is 5.49. The maximum Gasteiger partial charge on any atom is 0.158 e. The van der Waals surface area contributed by atoms with E-state index in [0.717, 1.165) is 10.2 Å². The van der Waals surface area contributed by atoms with Gasteiger partial charge in [0.2, 0.25) is 0 Å². The van der Waals surface area contributed by atoms with Crippen LogP contribution in [0.2, 0.25) is 0 Å². The molecule has 2 aromatic rings. The third-order valence-electron chi connectivity index (χ3n) is 2.19. The number of hydrogen-bond donors (Lipinski definition) is 2. The summed E-state index contributed by atoms with van der Waals surface area (Å²) in [6, 6.07) is 1.95. The van der Waals surface area contributed by atoms with Crippen LogP contribution in [0.25, 0.3) is 10.2 Å². The maximum absolute atomic E-state index is 5.52. The summed E-state index contributed by atoms with van der Waals surface area (Å²) in [5, 5.41) is 2.92. The minimum Gasteiger partial charge on any atom is -0.373 e. The molecule has 3 N–H and O–H groups in total. The van der Waals surface area contributed by atoms with Crippen molar-refractivity contribution in [3.8, 4) is 0 Å². The van der Waals surface area contributed by atoms with Gasteiger partial charge in [0.05, 0.1) is 5.39 Å². The lowest BCUT2D eigenvalue weighted by molar-refractivity contribution is 0.0926. The van der Waals surface area contributed by atoms with Crippen molar-refractivity contribution in [2.24, 2.45) is 11.8 Å². The standard InChI is InChI=1S/C11H16N4OS/c1-7(2)5-16-6-9-13-10(15-12)8-3-4-17-11(8)14-9/h3-4,7H,5-6,12H2,1-2H3,(H,13,14,15). The summed E-state index contributed by atoms with van der Waals surface area (Å²) in [5.74, 6) is 7.26. The summed E-state index contributed by atoms with van der Waals surface area (Å²) < 4.78 is 5.52. The zero-order valence-corrected chi connectivity index (χ0v) is 10.8. The van der Waals surface area contributed by atoms with Crippen molar-refractivity contribution >= 4 is 27.4 Å². The van der Waals surface area contributed by atoms with E-state index in [4.69, 9.17) is 10.6 Å². The van der Waals surface area contributed by atoms with Gasteiger partial charge in [0.25, 0.3) is 0 Å². The Morgan fingerprint density at radius 2 is 2.29 bits per heavy atom. The van der Waals surface area contributed by atoms with E-state index in [1.54, 1.807) is 11.3 Å². The normalized spacial score (nSPS) is 11.3. The molecule has 0 spiro atoms. The highest BCUT2D eigenvalue weighted by atomic mass is 32.1. The van der Waals surface area contributed by atoms with Crippen molar-refractivity contribution in [3.63, 3.8) is 0 Å². The van der Waals surface area contributed by atoms with Gasteiger partial charge >= 0.3 is 0 Å². The molecule has 6 heteroatoms. The van der Waals surface area contributed by atoms with Crippen molar-refractivity contribution in [1.82, 2.24) is 9.97 Å². The third-order valence-corrected chi connectivity index (χ3v) is 3.00. The van der Waals surface area contributed by atoms with Crippen LogP contribution in [0.5, 0.6) is 0 Å². The molecule has 0 amide bonds.